The first-order valence-corrected chi connectivity index (χ1v) is 3.70. The Morgan fingerprint density at radius 2 is 2.27 bits per heavy atom. The molecule has 0 aliphatic rings. The van der Waals surface area contributed by atoms with E-state index in [1.807, 2.05) is 13.0 Å². The number of carbonyl (C=O) groups is 1. The van der Waals surface area contributed by atoms with E-state index in [1.54, 1.807) is 6.21 Å². The third-order valence-electron chi connectivity index (χ3n) is 1.16. The molecule has 3 heteroatoms. The molecule has 0 fully saturated rings. The van der Waals surface area contributed by atoms with E-state index in [0.717, 1.165) is 19.3 Å². The van der Waals surface area contributed by atoms with Gasteiger partial charge < -0.3 is 5.73 Å². The number of carbonyl (C=O) groups excluding carboxylic acids is 1. The Kier molecular flexibility index (Phi) is 6.28. The number of nitrogens with zero attached hydrogens (tertiary/aromatic N) is 1. The van der Waals surface area contributed by atoms with Gasteiger partial charge in [0, 0.05) is 6.21 Å². The van der Waals surface area contributed by atoms with Crippen LogP contribution in [0.25, 0.3) is 0 Å². The lowest BCUT2D eigenvalue weighted by atomic mass is 10.2. The average molecular weight is 154 g/mol. The summed E-state index contributed by atoms with van der Waals surface area (Å²) >= 11 is 0. The number of unbranched alkanes of at least 4 members (excludes halogenated alkanes) is 2. The van der Waals surface area contributed by atoms with Crippen LogP contribution in [0.4, 0.5) is 4.79 Å². The van der Waals surface area contributed by atoms with Gasteiger partial charge in [0.1, 0.15) is 0 Å². The number of aliphatic imine (C=N–C) groups is 1. The van der Waals surface area contributed by atoms with Gasteiger partial charge in [-0.15, -0.1) is 0 Å². The summed E-state index contributed by atoms with van der Waals surface area (Å²) in [5.74, 6) is 0. The van der Waals surface area contributed by atoms with Crippen molar-refractivity contribution in [2.45, 2.75) is 26.2 Å². The predicted octanol–water partition coefficient (Wildman–Crippen LogP) is 1.88. The van der Waals surface area contributed by atoms with Crippen molar-refractivity contribution in [1.29, 1.82) is 0 Å². The van der Waals surface area contributed by atoms with Crippen molar-refractivity contribution in [2.75, 3.05) is 0 Å². The lowest BCUT2D eigenvalue weighted by Gasteiger charge is -1.87. The molecule has 11 heavy (non-hydrogen) atoms. The summed E-state index contributed by atoms with van der Waals surface area (Å²) in [5.41, 5.74) is 4.78. The standard InChI is InChI=1S/C8H14N2O/c1-2-3-4-5-6-7-10-8(9)11/h2-3,7H,4-6H2,1H3,(H2,9,11). The Morgan fingerprint density at radius 1 is 1.55 bits per heavy atom. The predicted molar refractivity (Wildman–Crippen MR) is 46.7 cm³/mol. The number of primary amides is 1. The SMILES string of the molecule is CC=CCCCC=NC(N)=O. The van der Waals surface area contributed by atoms with Crippen LogP contribution >= 0.6 is 0 Å². The molecule has 2 N–H and O–H groups in total. The number of nitrogens with two attached hydrogens (primary N) is 1. The van der Waals surface area contributed by atoms with Gasteiger partial charge in [-0.3, -0.25) is 0 Å². The molecule has 0 saturated carbocycles. The molecule has 3 nitrogen and oxygen atoms in total. The van der Waals surface area contributed by atoms with Crippen molar-refractivity contribution in [3.8, 4) is 0 Å². The van der Waals surface area contributed by atoms with E-state index < -0.39 is 6.03 Å². The summed E-state index contributed by atoms with van der Waals surface area (Å²) in [6.45, 7) is 1.98. The molecule has 0 aliphatic carbocycles. The molecule has 2 amide bonds. The molecule has 0 aliphatic heterocycles. The lowest BCUT2D eigenvalue weighted by Crippen LogP contribution is -2.03. The molecule has 0 atom stereocenters. The molecule has 0 spiro atoms. The van der Waals surface area contributed by atoms with Gasteiger partial charge in [-0.25, -0.2) is 9.79 Å². The second-order valence-corrected chi connectivity index (χ2v) is 2.15. The van der Waals surface area contributed by atoms with Gasteiger partial charge in [0.15, 0.2) is 0 Å². The summed E-state index contributed by atoms with van der Waals surface area (Å²) < 4.78 is 0. The topological polar surface area (TPSA) is 55.4 Å². The highest BCUT2D eigenvalue weighted by molar-refractivity contribution is 5.81. The van der Waals surface area contributed by atoms with Crippen LogP contribution in [0.2, 0.25) is 0 Å². The summed E-state index contributed by atoms with van der Waals surface area (Å²) in [4.78, 5) is 13.5. The minimum atomic E-state index is -0.615. The fourth-order valence-electron chi connectivity index (χ4n) is 0.648. The molecule has 0 heterocycles. The minimum absolute atomic E-state index is 0.615. The second kappa shape index (κ2) is 6.99. The maximum absolute atomic E-state index is 10.1. The molecular weight excluding hydrogens is 140 g/mol. The van der Waals surface area contributed by atoms with Gasteiger partial charge in [-0.2, -0.15) is 0 Å². The monoisotopic (exact) mass is 154 g/mol. The highest BCUT2D eigenvalue weighted by Crippen LogP contribution is 1.93. The minimum Gasteiger partial charge on any atom is -0.350 e. The lowest BCUT2D eigenvalue weighted by molar-refractivity contribution is 0.257. The summed E-state index contributed by atoms with van der Waals surface area (Å²) in [5, 5.41) is 0. The maximum Gasteiger partial charge on any atom is 0.337 e. The number of hydrogen-bond acceptors (Lipinski definition) is 1. The van der Waals surface area contributed by atoms with Crippen LogP contribution in [0.1, 0.15) is 26.2 Å². The zero-order valence-corrected chi connectivity index (χ0v) is 6.79. The van der Waals surface area contributed by atoms with Crippen LogP contribution < -0.4 is 5.73 Å². The molecule has 0 saturated heterocycles. The smallest absolute Gasteiger partial charge is 0.337 e. The fourth-order valence-corrected chi connectivity index (χ4v) is 0.648. The molecule has 62 valence electrons. The molecule has 0 radical (unpaired) electrons. The van der Waals surface area contributed by atoms with E-state index in [4.69, 9.17) is 5.73 Å². The van der Waals surface area contributed by atoms with Crippen molar-refractivity contribution in [3.63, 3.8) is 0 Å². The third-order valence-corrected chi connectivity index (χ3v) is 1.16. The Balaban J connectivity index is 3.20. The van der Waals surface area contributed by atoms with Crippen LogP contribution in [0.15, 0.2) is 17.1 Å². The van der Waals surface area contributed by atoms with Crippen LogP contribution in [0.5, 0.6) is 0 Å². The van der Waals surface area contributed by atoms with Crippen LogP contribution in [0.3, 0.4) is 0 Å². The van der Waals surface area contributed by atoms with E-state index in [1.165, 1.54) is 0 Å². The Bertz CT molecular complexity index is 161. The fraction of sp³-hybridized carbons (Fsp3) is 0.500. The highest BCUT2D eigenvalue weighted by atomic mass is 16.2. The van der Waals surface area contributed by atoms with Crippen molar-refractivity contribution in [3.05, 3.63) is 12.2 Å². The molecule has 0 aromatic heterocycles. The molecule has 0 rings (SSSR count). The van der Waals surface area contributed by atoms with E-state index in [2.05, 4.69) is 11.1 Å². The average Bonchev–Trinajstić information content (AvgIpc) is 1.96. The normalized spacial score (nSPS) is 11.4. The van der Waals surface area contributed by atoms with Gasteiger partial charge in [-0.05, 0) is 26.2 Å². The van der Waals surface area contributed by atoms with Gasteiger partial charge in [0.2, 0.25) is 0 Å². The number of rotatable bonds is 4. The molecule has 0 aromatic rings. The first kappa shape index (κ1) is 9.88. The molecular formula is C8H14N2O. The van der Waals surface area contributed by atoms with E-state index in [0.29, 0.717) is 0 Å². The van der Waals surface area contributed by atoms with E-state index in [9.17, 15) is 4.79 Å². The second-order valence-electron chi connectivity index (χ2n) is 2.15. The van der Waals surface area contributed by atoms with Crippen LogP contribution in [-0.4, -0.2) is 12.2 Å². The zero-order chi connectivity index (χ0) is 8.53. The van der Waals surface area contributed by atoms with Gasteiger partial charge in [0.05, 0.1) is 0 Å². The Hall–Kier alpha value is -1.12. The Labute approximate surface area is 67.0 Å². The first-order chi connectivity index (χ1) is 5.27. The van der Waals surface area contributed by atoms with Crippen LogP contribution in [0, 0.1) is 0 Å². The summed E-state index contributed by atoms with van der Waals surface area (Å²) in [7, 11) is 0. The van der Waals surface area contributed by atoms with Crippen molar-refractivity contribution < 1.29 is 4.79 Å². The third kappa shape index (κ3) is 8.88. The molecule has 0 bridgehead atoms. The van der Waals surface area contributed by atoms with Gasteiger partial charge in [0.25, 0.3) is 0 Å². The number of allylic oxidation sites excluding steroid dienone is 2. The molecule has 0 aromatic carbocycles. The number of amides is 2. The number of urea groups is 1. The Morgan fingerprint density at radius 3 is 2.82 bits per heavy atom. The highest BCUT2D eigenvalue weighted by Gasteiger charge is 1.83. The van der Waals surface area contributed by atoms with Crippen molar-refractivity contribution in [2.24, 2.45) is 10.7 Å². The maximum atomic E-state index is 10.1. The van der Waals surface area contributed by atoms with E-state index in [-0.39, 0.29) is 0 Å². The summed E-state index contributed by atoms with van der Waals surface area (Å²) in [6.07, 6.45) is 8.50. The van der Waals surface area contributed by atoms with E-state index >= 15 is 0 Å². The van der Waals surface area contributed by atoms with Crippen LogP contribution in [-0.2, 0) is 0 Å². The summed E-state index contributed by atoms with van der Waals surface area (Å²) in [6, 6.07) is -0.615. The quantitative estimate of drug-likeness (QED) is 0.375. The largest absolute Gasteiger partial charge is 0.350 e. The van der Waals surface area contributed by atoms with Crippen molar-refractivity contribution >= 4 is 12.2 Å². The zero-order valence-electron chi connectivity index (χ0n) is 6.79. The first-order valence-electron chi connectivity index (χ1n) is 3.70. The van der Waals surface area contributed by atoms with Gasteiger partial charge >= 0.3 is 6.03 Å². The van der Waals surface area contributed by atoms with Gasteiger partial charge in [-0.1, -0.05) is 12.2 Å². The van der Waals surface area contributed by atoms with Crippen molar-refractivity contribution in [1.82, 2.24) is 0 Å². The number of hydrogen-bond donors (Lipinski definition) is 1. The molecule has 0 unspecified atom stereocenters.